The summed E-state index contributed by atoms with van der Waals surface area (Å²) in [5.74, 6) is -0.583. The number of aliphatic hydroxyl groups is 2. The minimum absolute atomic E-state index is 0.147. The number of thiazole rings is 1. The van der Waals surface area contributed by atoms with E-state index in [1.54, 1.807) is 6.20 Å². The van der Waals surface area contributed by atoms with Crippen molar-refractivity contribution in [1.29, 1.82) is 0 Å². The highest BCUT2D eigenvalue weighted by Gasteiger charge is 2.46. The molecule has 2 saturated carbocycles. The van der Waals surface area contributed by atoms with Crippen LogP contribution in [0.25, 0.3) is 20.8 Å². The average molecular weight is 686 g/mol. The predicted octanol–water partition coefficient (Wildman–Crippen LogP) is 5.84. The van der Waals surface area contributed by atoms with Crippen LogP contribution in [0.2, 0.25) is 0 Å². The average Bonchev–Trinajstić information content (AvgIpc) is 3.68. The number of aryl methyl sites for hydroxylation is 1. The van der Waals surface area contributed by atoms with E-state index in [9.17, 15) is 28.2 Å². The number of halogens is 3. The molecule has 0 bridgehead atoms. The van der Waals surface area contributed by atoms with Crippen LogP contribution >= 0.6 is 11.3 Å². The molecule has 48 heavy (non-hydrogen) atoms. The van der Waals surface area contributed by atoms with Crippen molar-refractivity contribution in [3.8, 4) is 16.3 Å². The molecule has 5 N–H and O–H groups in total. The molecule has 1 aromatic carbocycles. The molecule has 256 valence electrons. The van der Waals surface area contributed by atoms with Gasteiger partial charge in [-0.3, -0.25) is 9.78 Å². The SMILES string of the molecule is Cc1nc(NC(C)c2ccc(OC(F)(F)F)cc2)nc(NC2CC(C(=O)NC(C)(C)C)C(O)C2O)c1-c1nc2c(C3CC3)nccc2s1. The Labute approximate surface area is 279 Å². The molecule has 1 amide bonds. The van der Waals surface area contributed by atoms with Gasteiger partial charge in [0, 0.05) is 17.7 Å². The molecule has 5 atom stereocenters. The van der Waals surface area contributed by atoms with Crippen LogP contribution in [0.5, 0.6) is 5.75 Å². The molecule has 3 aromatic heterocycles. The van der Waals surface area contributed by atoms with Gasteiger partial charge in [0.05, 0.1) is 45.8 Å². The van der Waals surface area contributed by atoms with Crippen LogP contribution in [0, 0.1) is 12.8 Å². The fraction of sp³-hybridized carbons (Fsp3) is 0.485. The standard InChI is InChI=1S/C33H38F3N7O4S/c1-15(17-8-10-19(11-9-17)47-33(34,35)36)38-31-39-16(2)23(30-41-25-22(48-30)12-13-37-24(25)18-6-7-18)28(42-31)40-21-14-20(26(44)27(21)45)29(46)43-32(3,4)5/h8-13,15,18,20-21,26-27,44-45H,6-7,14H2,1-5H3,(H,43,46)(H2,38,39,40,42). The number of rotatable bonds is 9. The maximum atomic E-state index is 13.0. The highest BCUT2D eigenvalue weighted by Crippen LogP contribution is 2.45. The molecule has 0 radical (unpaired) electrons. The maximum absolute atomic E-state index is 13.0. The number of hydrogen-bond acceptors (Lipinski definition) is 11. The number of fused-ring (bicyclic) bond motifs is 1. The third kappa shape index (κ3) is 7.47. The van der Waals surface area contributed by atoms with Gasteiger partial charge in [-0.1, -0.05) is 12.1 Å². The lowest BCUT2D eigenvalue weighted by Crippen LogP contribution is -2.46. The quantitative estimate of drug-likeness (QED) is 0.145. The lowest BCUT2D eigenvalue weighted by molar-refractivity contribution is -0.274. The van der Waals surface area contributed by atoms with Crippen LogP contribution < -0.4 is 20.7 Å². The van der Waals surface area contributed by atoms with E-state index in [2.05, 4.69) is 25.7 Å². The van der Waals surface area contributed by atoms with E-state index < -0.39 is 42.1 Å². The fourth-order valence-electron chi connectivity index (χ4n) is 5.94. The largest absolute Gasteiger partial charge is 0.573 e. The highest BCUT2D eigenvalue weighted by atomic mass is 32.1. The number of nitrogens with one attached hydrogen (secondary N) is 3. The normalized spacial score (nSPS) is 22.0. The molecule has 6 rings (SSSR count). The Balaban J connectivity index is 1.33. The van der Waals surface area contributed by atoms with Gasteiger partial charge in [-0.2, -0.15) is 4.98 Å². The molecular formula is C33H38F3N7O4S. The number of aromatic nitrogens is 4. The molecule has 2 fully saturated rings. The summed E-state index contributed by atoms with van der Waals surface area (Å²) in [6.07, 6.45) is -3.29. The van der Waals surface area contributed by atoms with Crippen molar-refractivity contribution in [2.24, 2.45) is 5.92 Å². The van der Waals surface area contributed by atoms with Crippen molar-refractivity contribution in [3.63, 3.8) is 0 Å². The molecule has 0 spiro atoms. The third-order valence-electron chi connectivity index (χ3n) is 8.40. The van der Waals surface area contributed by atoms with Gasteiger partial charge in [-0.05, 0) is 77.6 Å². The lowest BCUT2D eigenvalue weighted by atomic mass is 10.0. The van der Waals surface area contributed by atoms with Crippen LogP contribution in [0.15, 0.2) is 36.5 Å². The molecule has 4 aromatic rings. The monoisotopic (exact) mass is 685 g/mol. The number of anilines is 2. The second-order valence-electron chi connectivity index (χ2n) is 13.5. The van der Waals surface area contributed by atoms with E-state index >= 15 is 0 Å². The Morgan fingerprint density at radius 3 is 2.40 bits per heavy atom. The Morgan fingerprint density at radius 2 is 1.75 bits per heavy atom. The van der Waals surface area contributed by atoms with Crippen molar-refractivity contribution >= 4 is 39.2 Å². The molecule has 2 aliphatic carbocycles. The van der Waals surface area contributed by atoms with Crippen LogP contribution in [0.3, 0.4) is 0 Å². The Kier molecular flexibility index (Phi) is 8.98. The summed E-state index contributed by atoms with van der Waals surface area (Å²) in [4.78, 5) is 32.1. The number of hydrogen-bond donors (Lipinski definition) is 5. The fourth-order valence-corrected chi connectivity index (χ4v) is 7.01. The van der Waals surface area contributed by atoms with Gasteiger partial charge >= 0.3 is 6.36 Å². The summed E-state index contributed by atoms with van der Waals surface area (Å²) in [7, 11) is 0. The third-order valence-corrected chi connectivity index (χ3v) is 9.44. The van der Waals surface area contributed by atoms with Crippen molar-refractivity contribution in [2.75, 3.05) is 10.6 Å². The first kappa shape index (κ1) is 33.8. The van der Waals surface area contributed by atoms with Gasteiger partial charge in [0.2, 0.25) is 11.9 Å². The predicted molar refractivity (Wildman–Crippen MR) is 176 cm³/mol. The molecule has 0 aliphatic heterocycles. The van der Waals surface area contributed by atoms with Gasteiger partial charge < -0.3 is 30.9 Å². The molecule has 15 heteroatoms. The van der Waals surface area contributed by atoms with E-state index in [0.29, 0.717) is 33.6 Å². The number of ether oxygens (including phenoxy) is 1. The molecule has 5 unspecified atom stereocenters. The van der Waals surface area contributed by atoms with Crippen molar-refractivity contribution in [1.82, 2.24) is 25.3 Å². The number of pyridine rings is 1. The molecule has 3 heterocycles. The van der Waals surface area contributed by atoms with E-state index in [4.69, 9.17) is 15.0 Å². The number of nitrogens with zero attached hydrogens (tertiary/aromatic N) is 4. The number of carbonyl (C=O) groups excluding carboxylic acids is 1. The second-order valence-corrected chi connectivity index (χ2v) is 14.5. The number of alkyl halides is 3. The van der Waals surface area contributed by atoms with E-state index in [0.717, 1.165) is 28.8 Å². The summed E-state index contributed by atoms with van der Waals surface area (Å²) in [5.41, 5.74) is 3.12. The van der Waals surface area contributed by atoms with Gasteiger partial charge in [0.15, 0.2) is 0 Å². The first-order chi connectivity index (χ1) is 22.6. The number of amides is 1. The molecule has 0 saturated heterocycles. The van der Waals surface area contributed by atoms with Crippen LogP contribution in [0.1, 0.15) is 75.9 Å². The van der Waals surface area contributed by atoms with Gasteiger partial charge in [-0.25, -0.2) is 9.97 Å². The van der Waals surface area contributed by atoms with Crippen LogP contribution in [0.4, 0.5) is 24.9 Å². The Morgan fingerprint density at radius 1 is 1.04 bits per heavy atom. The topological polar surface area (TPSA) is 154 Å². The van der Waals surface area contributed by atoms with Gasteiger partial charge in [0.1, 0.15) is 28.2 Å². The Hall–Kier alpha value is -4.08. The lowest BCUT2D eigenvalue weighted by Gasteiger charge is -2.24. The highest BCUT2D eigenvalue weighted by molar-refractivity contribution is 7.21. The molecular weight excluding hydrogens is 647 g/mol. The zero-order valence-electron chi connectivity index (χ0n) is 27.1. The zero-order chi connectivity index (χ0) is 34.5. The van der Waals surface area contributed by atoms with Gasteiger partial charge in [-0.15, -0.1) is 24.5 Å². The number of carbonyl (C=O) groups is 1. The summed E-state index contributed by atoms with van der Waals surface area (Å²) >= 11 is 1.47. The Bertz CT molecular complexity index is 1810. The summed E-state index contributed by atoms with van der Waals surface area (Å²) in [5, 5.41) is 32.0. The summed E-state index contributed by atoms with van der Waals surface area (Å²) < 4.78 is 42.9. The molecule has 11 nitrogen and oxygen atoms in total. The minimum Gasteiger partial charge on any atom is -0.406 e. The van der Waals surface area contributed by atoms with E-state index in [1.165, 1.54) is 35.6 Å². The van der Waals surface area contributed by atoms with Crippen LogP contribution in [-0.2, 0) is 4.79 Å². The minimum atomic E-state index is -4.79. The van der Waals surface area contributed by atoms with Crippen LogP contribution in [-0.4, -0.2) is 66.2 Å². The first-order valence-electron chi connectivity index (χ1n) is 15.8. The smallest absolute Gasteiger partial charge is 0.406 e. The first-order valence-corrected chi connectivity index (χ1v) is 16.6. The number of benzene rings is 1. The molecule has 2 aliphatic rings. The van der Waals surface area contributed by atoms with E-state index in [1.807, 2.05) is 40.7 Å². The number of aliphatic hydroxyl groups excluding tert-OH is 2. The van der Waals surface area contributed by atoms with Crippen molar-refractivity contribution < 1.29 is 32.9 Å². The summed E-state index contributed by atoms with van der Waals surface area (Å²) in [6.45, 7) is 9.16. The van der Waals surface area contributed by atoms with Crippen molar-refractivity contribution in [3.05, 3.63) is 53.5 Å². The van der Waals surface area contributed by atoms with Gasteiger partial charge in [0.25, 0.3) is 0 Å². The van der Waals surface area contributed by atoms with E-state index in [-0.39, 0.29) is 24.0 Å². The zero-order valence-corrected chi connectivity index (χ0v) is 27.9. The maximum Gasteiger partial charge on any atom is 0.573 e. The second kappa shape index (κ2) is 12.7. The summed E-state index contributed by atoms with van der Waals surface area (Å²) in [6, 6.07) is 6.29. The van der Waals surface area contributed by atoms with Crippen molar-refractivity contribution in [2.45, 2.75) is 96.0 Å².